The van der Waals surface area contributed by atoms with Crippen molar-refractivity contribution in [2.45, 2.75) is 37.2 Å². The molecule has 0 saturated carbocycles. The van der Waals surface area contributed by atoms with E-state index in [1.807, 2.05) is 32.5 Å². The molecule has 0 spiro atoms. The molecule has 0 radical (unpaired) electrons. The molecule has 0 bridgehead atoms. The van der Waals surface area contributed by atoms with Crippen LogP contribution in [0.4, 0.5) is 0 Å². The number of aromatic nitrogens is 5. The van der Waals surface area contributed by atoms with E-state index in [9.17, 15) is 0 Å². The minimum absolute atomic E-state index is 0. The minimum atomic E-state index is 0. The zero-order chi connectivity index (χ0) is 13.8. The molecule has 2 aromatic rings. The van der Waals surface area contributed by atoms with Crippen LogP contribution < -0.4 is 5.32 Å². The molecule has 0 unspecified atom stereocenters. The van der Waals surface area contributed by atoms with Gasteiger partial charge in [-0.15, -0.1) is 22.6 Å². The fourth-order valence-corrected chi connectivity index (χ4v) is 2.24. The first-order valence-electron chi connectivity index (χ1n) is 6.10. The van der Waals surface area contributed by atoms with Crippen molar-refractivity contribution in [3.63, 3.8) is 0 Å². The van der Waals surface area contributed by atoms with Crippen LogP contribution in [0.15, 0.2) is 9.68 Å². The SMILES string of the molecule is CNCc1nnc(SCc2nc(C(C)C)no2)n1C.Cl. The van der Waals surface area contributed by atoms with Crippen LogP contribution in [0.3, 0.4) is 0 Å². The van der Waals surface area contributed by atoms with Gasteiger partial charge in [0, 0.05) is 13.0 Å². The molecule has 0 aromatic carbocycles. The Kier molecular flexibility index (Phi) is 6.44. The van der Waals surface area contributed by atoms with Gasteiger partial charge in [0.05, 0.1) is 12.3 Å². The Bertz CT molecular complexity index is 541. The summed E-state index contributed by atoms with van der Waals surface area (Å²) in [4.78, 5) is 4.33. The average molecular weight is 319 g/mol. The van der Waals surface area contributed by atoms with Crippen LogP contribution >= 0.6 is 24.2 Å². The summed E-state index contributed by atoms with van der Waals surface area (Å²) >= 11 is 1.54. The average Bonchev–Trinajstić information content (AvgIpc) is 2.97. The largest absolute Gasteiger partial charge is 0.338 e. The predicted molar refractivity (Wildman–Crippen MR) is 79.0 cm³/mol. The Balaban J connectivity index is 0.00000200. The summed E-state index contributed by atoms with van der Waals surface area (Å²) in [6.45, 7) is 4.77. The molecule has 9 heteroatoms. The van der Waals surface area contributed by atoms with Gasteiger partial charge in [-0.3, -0.25) is 0 Å². The number of nitrogens with zero attached hydrogens (tertiary/aromatic N) is 5. The molecule has 20 heavy (non-hydrogen) atoms. The van der Waals surface area contributed by atoms with Crippen molar-refractivity contribution in [1.82, 2.24) is 30.2 Å². The third-order valence-corrected chi connectivity index (χ3v) is 3.59. The van der Waals surface area contributed by atoms with Crippen molar-refractivity contribution < 1.29 is 4.52 Å². The zero-order valence-corrected chi connectivity index (χ0v) is 13.6. The minimum Gasteiger partial charge on any atom is -0.338 e. The number of hydrogen-bond donors (Lipinski definition) is 1. The summed E-state index contributed by atoms with van der Waals surface area (Å²) in [7, 11) is 3.83. The van der Waals surface area contributed by atoms with Crippen molar-refractivity contribution >= 4 is 24.2 Å². The van der Waals surface area contributed by atoms with Gasteiger partial charge >= 0.3 is 0 Å². The van der Waals surface area contributed by atoms with Crippen molar-refractivity contribution in [3.05, 3.63) is 17.5 Å². The van der Waals surface area contributed by atoms with Gasteiger partial charge in [-0.25, -0.2) is 0 Å². The van der Waals surface area contributed by atoms with Crippen LogP contribution in [-0.4, -0.2) is 32.0 Å². The molecule has 2 aromatic heterocycles. The lowest BCUT2D eigenvalue weighted by molar-refractivity contribution is 0.382. The molecule has 0 aliphatic carbocycles. The molecule has 0 atom stereocenters. The zero-order valence-electron chi connectivity index (χ0n) is 12.0. The molecule has 0 amide bonds. The van der Waals surface area contributed by atoms with E-state index >= 15 is 0 Å². The van der Waals surface area contributed by atoms with E-state index in [4.69, 9.17) is 4.52 Å². The second kappa shape index (κ2) is 7.61. The highest BCUT2D eigenvalue weighted by Crippen LogP contribution is 2.21. The van der Waals surface area contributed by atoms with E-state index in [0.717, 1.165) is 16.8 Å². The highest BCUT2D eigenvalue weighted by Gasteiger charge is 2.13. The Morgan fingerprint density at radius 3 is 2.70 bits per heavy atom. The summed E-state index contributed by atoms with van der Waals surface area (Å²) in [6.07, 6.45) is 0. The monoisotopic (exact) mass is 318 g/mol. The number of halogens is 1. The first-order chi connectivity index (χ1) is 9.11. The summed E-state index contributed by atoms with van der Waals surface area (Å²) in [5, 5.41) is 16.1. The second-order valence-corrected chi connectivity index (χ2v) is 5.42. The van der Waals surface area contributed by atoms with E-state index in [-0.39, 0.29) is 18.3 Å². The van der Waals surface area contributed by atoms with Gasteiger partial charge in [0.2, 0.25) is 5.89 Å². The molecular formula is C11H19ClN6OS. The van der Waals surface area contributed by atoms with Crippen LogP contribution in [-0.2, 0) is 19.3 Å². The Hall–Kier alpha value is -1.12. The normalized spacial score (nSPS) is 10.8. The Morgan fingerprint density at radius 1 is 1.35 bits per heavy atom. The van der Waals surface area contributed by atoms with Crippen LogP contribution in [0, 0.1) is 0 Å². The standard InChI is InChI=1S/C11H18N6OS.ClH/c1-7(2)10-13-9(18-16-10)6-19-11-15-14-8(5-12-3)17(11)4;/h7,12H,5-6H2,1-4H3;1H. The smallest absolute Gasteiger partial charge is 0.237 e. The fraction of sp³-hybridized carbons (Fsp3) is 0.636. The molecule has 2 heterocycles. The second-order valence-electron chi connectivity index (χ2n) is 4.48. The van der Waals surface area contributed by atoms with Crippen molar-refractivity contribution in [1.29, 1.82) is 0 Å². The summed E-state index contributed by atoms with van der Waals surface area (Å²) < 4.78 is 7.15. The van der Waals surface area contributed by atoms with Gasteiger partial charge in [-0.05, 0) is 7.05 Å². The molecular weight excluding hydrogens is 300 g/mol. The molecule has 1 N–H and O–H groups in total. The third kappa shape index (κ3) is 3.94. The quantitative estimate of drug-likeness (QED) is 0.812. The fourth-order valence-electron chi connectivity index (χ4n) is 1.47. The topological polar surface area (TPSA) is 81.7 Å². The third-order valence-electron chi connectivity index (χ3n) is 2.58. The van der Waals surface area contributed by atoms with Gasteiger partial charge in [0.15, 0.2) is 11.0 Å². The Labute approximate surface area is 128 Å². The lowest BCUT2D eigenvalue weighted by Gasteiger charge is -2.01. The van der Waals surface area contributed by atoms with Gasteiger partial charge < -0.3 is 14.4 Å². The predicted octanol–water partition coefficient (Wildman–Crippen LogP) is 1.75. The molecule has 0 aliphatic heterocycles. The summed E-state index contributed by atoms with van der Waals surface area (Å²) in [5.74, 6) is 3.14. The Morgan fingerprint density at radius 2 is 2.10 bits per heavy atom. The van der Waals surface area contributed by atoms with Gasteiger partial charge in [-0.2, -0.15) is 4.98 Å². The van der Waals surface area contributed by atoms with Crippen LogP contribution in [0.2, 0.25) is 0 Å². The maximum absolute atomic E-state index is 5.19. The molecule has 7 nitrogen and oxygen atoms in total. The van der Waals surface area contributed by atoms with Crippen LogP contribution in [0.25, 0.3) is 0 Å². The van der Waals surface area contributed by atoms with Crippen molar-refractivity contribution in [2.24, 2.45) is 7.05 Å². The summed E-state index contributed by atoms with van der Waals surface area (Å²) in [6, 6.07) is 0. The lowest BCUT2D eigenvalue weighted by atomic mass is 10.2. The highest BCUT2D eigenvalue weighted by atomic mass is 35.5. The van der Waals surface area contributed by atoms with Gasteiger partial charge in [0.25, 0.3) is 0 Å². The number of hydrogen-bond acceptors (Lipinski definition) is 7. The maximum atomic E-state index is 5.19. The van der Waals surface area contributed by atoms with E-state index in [0.29, 0.717) is 18.2 Å². The summed E-state index contributed by atoms with van der Waals surface area (Å²) in [5.41, 5.74) is 0. The van der Waals surface area contributed by atoms with Crippen LogP contribution in [0.5, 0.6) is 0 Å². The van der Waals surface area contributed by atoms with E-state index < -0.39 is 0 Å². The molecule has 0 saturated heterocycles. The van der Waals surface area contributed by atoms with Gasteiger partial charge in [-0.1, -0.05) is 30.8 Å². The van der Waals surface area contributed by atoms with E-state index in [1.54, 1.807) is 0 Å². The first kappa shape index (κ1) is 16.9. The molecule has 0 aliphatic rings. The van der Waals surface area contributed by atoms with Crippen molar-refractivity contribution in [3.8, 4) is 0 Å². The van der Waals surface area contributed by atoms with E-state index in [1.165, 1.54) is 11.8 Å². The number of thioether (sulfide) groups is 1. The van der Waals surface area contributed by atoms with E-state index in [2.05, 4.69) is 25.7 Å². The number of nitrogens with one attached hydrogen (secondary N) is 1. The maximum Gasteiger partial charge on any atom is 0.237 e. The van der Waals surface area contributed by atoms with Crippen LogP contribution in [0.1, 0.15) is 37.3 Å². The number of rotatable bonds is 6. The molecule has 0 fully saturated rings. The lowest BCUT2D eigenvalue weighted by Crippen LogP contribution is -2.10. The first-order valence-corrected chi connectivity index (χ1v) is 7.08. The highest BCUT2D eigenvalue weighted by molar-refractivity contribution is 7.98. The molecule has 112 valence electrons. The van der Waals surface area contributed by atoms with Crippen molar-refractivity contribution in [2.75, 3.05) is 7.05 Å². The van der Waals surface area contributed by atoms with Gasteiger partial charge in [0.1, 0.15) is 5.82 Å². The molecule has 2 rings (SSSR count).